The van der Waals surface area contributed by atoms with E-state index in [1.807, 2.05) is 56.3 Å². The summed E-state index contributed by atoms with van der Waals surface area (Å²) in [7, 11) is 0. The predicted molar refractivity (Wildman–Crippen MR) is 102 cm³/mol. The first kappa shape index (κ1) is 17.2. The summed E-state index contributed by atoms with van der Waals surface area (Å²) in [4.78, 5) is 11.1. The quantitative estimate of drug-likeness (QED) is 0.662. The van der Waals surface area contributed by atoms with Crippen molar-refractivity contribution in [1.82, 2.24) is 5.32 Å². The van der Waals surface area contributed by atoms with Gasteiger partial charge in [-0.2, -0.15) is 5.10 Å². The molecule has 1 fully saturated rings. The van der Waals surface area contributed by atoms with Gasteiger partial charge in [0.15, 0.2) is 5.17 Å². The smallest absolute Gasteiger partial charge is 0.236 e. The van der Waals surface area contributed by atoms with Crippen LogP contribution in [0.3, 0.4) is 0 Å². The predicted octanol–water partition coefficient (Wildman–Crippen LogP) is 3.44. The summed E-state index contributed by atoms with van der Waals surface area (Å²) >= 11 is 1.36. The summed E-state index contributed by atoms with van der Waals surface area (Å²) in [5.41, 5.74) is 4.27. The van der Waals surface area contributed by atoms with Gasteiger partial charge in [-0.25, -0.2) is 0 Å². The number of carbonyl (C=O) groups is 1. The summed E-state index contributed by atoms with van der Waals surface area (Å²) in [5.74, 6) is 1.20. The van der Waals surface area contributed by atoms with Crippen LogP contribution in [0.2, 0.25) is 0 Å². The second kappa shape index (κ2) is 7.98. The van der Waals surface area contributed by atoms with Gasteiger partial charge < -0.3 is 10.1 Å². The van der Waals surface area contributed by atoms with Gasteiger partial charge in [-0.05, 0) is 42.7 Å². The maximum absolute atomic E-state index is 11.1. The second-order valence-corrected chi connectivity index (χ2v) is 6.70. The molecule has 2 aromatic carbocycles. The lowest BCUT2D eigenvalue weighted by molar-refractivity contribution is -0.116. The Balaban J connectivity index is 1.68. The minimum absolute atomic E-state index is 0.0359. The van der Waals surface area contributed by atoms with Crippen LogP contribution in [0.4, 0.5) is 0 Å². The van der Waals surface area contributed by atoms with E-state index < -0.39 is 0 Å². The number of amidine groups is 1. The number of rotatable bonds is 5. The van der Waals surface area contributed by atoms with E-state index in [9.17, 15) is 4.79 Å². The summed E-state index contributed by atoms with van der Waals surface area (Å²) < 4.78 is 5.88. The summed E-state index contributed by atoms with van der Waals surface area (Å²) in [6, 6.07) is 14.1. The van der Waals surface area contributed by atoms with Gasteiger partial charge in [0.1, 0.15) is 12.4 Å². The molecule has 0 atom stereocenters. The van der Waals surface area contributed by atoms with Gasteiger partial charge in [0.2, 0.25) is 5.91 Å². The number of aryl methyl sites for hydroxylation is 2. The highest BCUT2D eigenvalue weighted by Gasteiger charge is 2.16. The van der Waals surface area contributed by atoms with E-state index in [0.29, 0.717) is 17.5 Å². The van der Waals surface area contributed by atoms with Crippen LogP contribution in [0.1, 0.15) is 22.3 Å². The normalized spacial score (nSPS) is 15.8. The molecule has 0 saturated carbocycles. The summed E-state index contributed by atoms with van der Waals surface area (Å²) in [6.45, 7) is 4.57. The lowest BCUT2D eigenvalue weighted by Gasteiger charge is -2.11. The molecule has 25 heavy (non-hydrogen) atoms. The molecule has 0 aliphatic carbocycles. The molecule has 2 aromatic rings. The van der Waals surface area contributed by atoms with E-state index in [1.54, 1.807) is 6.21 Å². The number of thioether (sulfide) groups is 1. The second-order valence-electron chi connectivity index (χ2n) is 5.73. The van der Waals surface area contributed by atoms with Gasteiger partial charge in [0.05, 0.1) is 12.0 Å². The van der Waals surface area contributed by atoms with Crippen LogP contribution in [-0.2, 0) is 11.4 Å². The van der Waals surface area contributed by atoms with Crippen molar-refractivity contribution < 1.29 is 9.53 Å². The van der Waals surface area contributed by atoms with Gasteiger partial charge in [-0.3, -0.25) is 4.79 Å². The van der Waals surface area contributed by atoms with Gasteiger partial charge in [-0.15, -0.1) is 5.10 Å². The van der Waals surface area contributed by atoms with E-state index >= 15 is 0 Å². The number of hydrogen-bond donors (Lipinski definition) is 1. The SMILES string of the molecule is Cc1cc(OCc2ccccc2)cc(C)c1C=NN=C1NC(=O)CS1. The Bertz CT molecular complexity index is 809. The molecule has 0 radical (unpaired) electrons. The third-order valence-corrected chi connectivity index (χ3v) is 4.60. The number of benzene rings is 2. The molecule has 0 bridgehead atoms. The monoisotopic (exact) mass is 353 g/mol. The van der Waals surface area contributed by atoms with Crippen molar-refractivity contribution in [2.75, 3.05) is 5.75 Å². The third-order valence-electron chi connectivity index (χ3n) is 3.74. The standard InChI is InChI=1S/C19H19N3O2S/c1-13-8-16(24-11-15-6-4-3-5-7-15)9-14(2)17(13)10-20-22-19-21-18(23)12-25-19/h3-10H,11-12H2,1-2H3,(H,21,22,23). The van der Waals surface area contributed by atoms with Gasteiger partial charge >= 0.3 is 0 Å². The average molecular weight is 353 g/mol. The fraction of sp³-hybridized carbons (Fsp3) is 0.211. The first-order chi connectivity index (χ1) is 12.1. The van der Waals surface area contributed by atoms with Crippen molar-refractivity contribution in [3.63, 3.8) is 0 Å². The largest absolute Gasteiger partial charge is 0.489 e. The van der Waals surface area contributed by atoms with Gasteiger partial charge in [0, 0.05) is 5.56 Å². The van der Waals surface area contributed by atoms with E-state index in [-0.39, 0.29) is 5.91 Å². The fourth-order valence-corrected chi connectivity index (χ4v) is 3.11. The third kappa shape index (κ3) is 4.70. The highest BCUT2D eigenvalue weighted by molar-refractivity contribution is 8.15. The van der Waals surface area contributed by atoms with Crippen LogP contribution < -0.4 is 10.1 Å². The number of nitrogens with one attached hydrogen (secondary N) is 1. The van der Waals surface area contributed by atoms with E-state index in [0.717, 1.165) is 28.0 Å². The summed E-state index contributed by atoms with van der Waals surface area (Å²) in [6.07, 6.45) is 1.71. The number of ether oxygens (including phenoxy) is 1. The van der Waals surface area contributed by atoms with E-state index in [2.05, 4.69) is 15.5 Å². The Morgan fingerprint density at radius 2 is 1.92 bits per heavy atom. The first-order valence-corrected chi connectivity index (χ1v) is 8.92. The van der Waals surface area contributed by atoms with Crippen LogP contribution in [0.5, 0.6) is 5.75 Å². The topological polar surface area (TPSA) is 63.1 Å². The molecule has 1 heterocycles. The lowest BCUT2D eigenvalue weighted by atomic mass is 10.0. The Hall–Kier alpha value is -2.60. The van der Waals surface area contributed by atoms with Crippen molar-refractivity contribution in [3.8, 4) is 5.75 Å². The maximum atomic E-state index is 11.1. The van der Waals surface area contributed by atoms with Crippen molar-refractivity contribution in [2.45, 2.75) is 20.5 Å². The zero-order valence-electron chi connectivity index (χ0n) is 14.2. The first-order valence-electron chi connectivity index (χ1n) is 7.93. The number of hydrogen-bond acceptors (Lipinski definition) is 5. The van der Waals surface area contributed by atoms with Crippen LogP contribution in [-0.4, -0.2) is 23.0 Å². The molecule has 3 rings (SSSR count). The molecule has 5 nitrogen and oxygen atoms in total. The average Bonchev–Trinajstić information content (AvgIpc) is 3.02. The highest BCUT2D eigenvalue weighted by atomic mass is 32.2. The molecule has 1 N–H and O–H groups in total. The molecule has 1 aliphatic rings. The Labute approximate surface area is 151 Å². The highest BCUT2D eigenvalue weighted by Crippen LogP contribution is 2.22. The minimum atomic E-state index is -0.0359. The molecule has 1 amide bonds. The van der Waals surface area contributed by atoms with Gasteiger partial charge in [-0.1, -0.05) is 42.1 Å². The molecule has 0 unspecified atom stereocenters. The molecule has 0 spiro atoms. The van der Waals surface area contributed by atoms with Crippen LogP contribution in [0, 0.1) is 13.8 Å². The molecular formula is C19H19N3O2S. The minimum Gasteiger partial charge on any atom is -0.489 e. The molecule has 1 aliphatic heterocycles. The van der Waals surface area contributed by atoms with Crippen LogP contribution in [0.25, 0.3) is 0 Å². The number of carbonyl (C=O) groups excluding carboxylic acids is 1. The Morgan fingerprint density at radius 1 is 1.20 bits per heavy atom. The molecule has 0 aromatic heterocycles. The Kier molecular flexibility index (Phi) is 5.50. The lowest BCUT2D eigenvalue weighted by Crippen LogP contribution is -2.19. The zero-order valence-corrected chi connectivity index (χ0v) is 15.0. The molecular weight excluding hydrogens is 334 g/mol. The van der Waals surface area contributed by atoms with Crippen molar-refractivity contribution >= 4 is 29.1 Å². The van der Waals surface area contributed by atoms with Gasteiger partial charge in [0.25, 0.3) is 0 Å². The van der Waals surface area contributed by atoms with Crippen molar-refractivity contribution in [1.29, 1.82) is 0 Å². The number of amides is 1. The molecule has 6 heteroatoms. The molecule has 1 saturated heterocycles. The summed E-state index contributed by atoms with van der Waals surface area (Å²) in [5, 5.41) is 11.3. The number of nitrogens with zero attached hydrogens (tertiary/aromatic N) is 2. The van der Waals surface area contributed by atoms with E-state index in [4.69, 9.17) is 4.74 Å². The maximum Gasteiger partial charge on any atom is 0.236 e. The zero-order chi connectivity index (χ0) is 17.6. The molecule has 128 valence electrons. The Morgan fingerprint density at radius 3 is 2.56 bits per heavy atom. The fourth-order valence-electron chi connectivity index (χ4n) is 2.48. The van der Waals surface area contributed by atoms with Crippen LogP contribution >= 0.6 is 11.8 Å². The van der Waals surface area contributed by atoms with Crippen molar-refractivity contribution in [3.05, 3.63) is 64.7 Å². The van der Waals surface area contributed by atoms with Crippen molar-refractivity contribution in [2.24, 2.45) is 10.2 Å². The van der Waals surface area contributed by atoms with Crippen LogP contribution in [0.15, 0.2) is 52.7 Å². The van der Waals surface area contributed by atoms with E-state index in [1.165, 1.54) is 11.8 Å².